The molecule has 3 N–H and O–H groups in total. The van der Waals surface area contributed by atoms with Crippen molar-refractivity contribution in [3.05, 3.63) is 78.9 Å². The average molecular weight is 497 g/mol. The maximum absolute atomic E-state index is 13.6. The number of fused-ring (bicyclic) bond motifs is 1. The normalized spacial score (nSPS) is 14.0. The zero-order valence-electron chi connectivity index (χ0n) is 19.5. The van der Waals surface area contributed by atoms with E-state index in [2.05, 4.69) is 20.0 Å². The lowest BCUT2D eigenvalue weighted by atomic mass is 10.2. The molecule has 4 aromatic rings. The maximum atomic E-state index is 13.6. The molecule has 1 unspecified atom stereocenters. The highest BCUT2D eigenvalue weighted by Gasteiger charge is 2.26. The van der Waals surface area contributed by atoms with Crippen LogP contribution in [0.25, 0.3) is 11.2 Å². The summed E-state index contributed by atoms with van der Waals surface area (Å²) in [5.74, 6) is 0.819. The van der Waals surface area contributed by atoms with Crippen LogP contribution in [0.3, 0.4) is 0 Å². The van der Waals surface area contributed by atoms with Gasteiger partial charge in [-0.25, -0.2) is 20.0 Å². The molecule has 0 radical (unpaired) electrons. The SMILES string of the molecule is C[C@H](Cn1cnc2c(N)ncnc21)OCP(=O)(NCCOCc1ccccc1)Oc1ccccc1. The zero-order valence-corrected chi connectivity index (χ0v) is 20.4. The van der Waals surface area contributed by atoms with Gasteiger partial charge in [0.15, 0.2) is 11.5 Å². The van der Waals surface area contributed by atoms with Gasteiger partial charge in [-0.1, -0.05) is 48.5 Å². The van der Waals surface area contributed by atoms with Gasteiger partial charge >= 0.3 is 7.52 Å². The van der Waals surface area contributed by atoms with Gasteiger partial charge in [-0.05, 0) is 24.6 Å². The number of rotatable bonds is 13. The summed E-state index contributed by atoms with van der Waals surface area (Å²) in [6.07, 6.45) is 2.61. The van der Waals surface area contributed by atoms with Gasteiger partial charge < -0.3 is 24.3 Å². The van der Waals surface area contributed by atoms with E-state index in [0.29, 0.717) is 49.0 Å². The number of hydrogen-bond acceptors (Lipinski definition) is 8. The third-order valence-electron chi connectivity index (χ3n) is 5.12. The number of imidazole rings is 1. The van der Waals surface area contributed by atoms with Crippen molar-refractivity contribution < 1.29 is 18.6 Å². The zero-order chi connectivity index (χ0) is 24.5. The summed E-state index contributed by atoms with van der Waals surface area (Å²) in [7, 11) is -3.38. The minimum atomic E-state index is -3.38. The molecular weight excluding hydrogens is 467 g/mol. The first-order chi connectivity index (χ1) is 17.0. The molecule has 0 aliphatic carbocycles. The molecule has 2 heterocycles. The van der Waals surface area contributed by atoms with Gasteiger partial charge in [-0.3, -0.25) is 4.57 Å². The highest BCUT2D eigenvalue weighted by molar-refractivity contribution is 7.57. The molecular formula is C24H29N6O4P. The molecule has 2 aromatic heterocycles. The molecule has 0 spiro atoms. The fourth-order valence-electron chi connectivity index (χ4n) is 3.40. The Morgan fingerprint density at radius 1 is 1.06 bits per heavy atom. The maximum Gasteiger partial charge on any atom is 0.342 e. The minimum absolute atomic E-state index is 0.120. The summed E-state index contributed by atoms with van der Waals surface area (Å²) < 4.78 is 32.9. The predicted molar refractivity (Wildman–Crippen MR) is 134 cm³/mol. The number of nitrogens with one attached hydrogen (secondary N) is 1. The molecule has 4 rings (SSSR count). The predicted octanol–water partition coefficient (Wildman–Crippen LogP) is 3.85. The van der Waals surface area contributed by atoms with Crippen LogP contribution in [0.4, 0.5) is 5.82 Å². The average Bonchev–Trinajstić information content (AvgIpc) is 3.28. The molecule has 2 atom stereocenters. The molecule has 0 aliphatic heterocycles. The summed E-state index contributed by atoms with van der Waals surface area (Å²) >= 11 is 0. The van der Waals surface area contributed by atoms with Crippen molar-refractivity contribution in [3.8, 4) is 5.75 Å². The van der Waals surface area contributed by atoms with Crippen LogP contribution >= 0.6 is 7.52 Å². The third kappa shape index (κ3) is 7.10. The van der Waals surface area contributed by atoms with E-state index >= 15 is 0 Å². The highest BCUT2D eigenvalue weighted by atomic mass is 31.2. The molecule has 0 fully saturated rings. The van der Waals surface area contributed by atoms with Crippen molar-refractivity contribution >= 4 is 24.5 Å². The Kier molecular flexibility index (Phi) is 8.44. The van der Waals surface area contributed by atoms with Gasteiger partial charge in [0, 0.05) is 6.54 Å². The number of nitrogens with two attached hydrogens (primary N) is 1. The summed E-state index contributed by atoms with van der Waals surface area (Å²) in [6, 6.07) is 18.9. The van der Waals surface area contributed by atoms with Gasteiger partial charge in [0.05, 0.1) is 32.2 Å². The largest absolute Gasteiger partial charge is 0.431 e. The number of aromatic nitrogens is 4. The van der Waals surface area contributed by atoms with Crippen LogP contribution in [-0.4, -0.2) is 45.1 Å². The van der Waals surface area contributed by atoms with Gasteiger partial charge in [0.25, 0.3) is 0 Å². The van der Waals surface area contributed by atoms with Crippen molar-refractivity contribution in [2.45, 2.75) is 26.2 Å². The van der Waals surface area contributed by atoms with E-state index in [1.54, 1.807) is 18.5 Å². The summed E-state index contributed by atoms with van der Waals surface area (Å²) in [5, 5.41) is 3.01. The van der Waals surface area contributed by atoms with Crippen LogP contribution in [0.5, 0.6) is 5.75 Å². The summed E-state index contributed by atoms with van der Waals surface area (Å²) in [4.78, 5) is 12.5. The molecule has 35 heavy (non-hydrogen) atoms. The lowest BCUT2D eigenvalue weighted by Gasteiger charge is -2.23. The van der Waals surface area contributed by atoms with E-state index in [1.165, 1.54) is 6.33 Å². The van der Waals surface area contributed by atoms with E-state index in [1.807, 2.05) is 60.0 Å². The molecule has 0 saturated carbocycles. The van der Waals surface area contributed by atoms with Crippen LogP contribution < -0.4 is 15.3 Å². The Morgan fingerprint density at radius 2 is 1.80 bits per heavy atom. The Balaban J connectivity index is 1.33. The first-order valence-electron chi connectivity index (χ1n) is 11.3. The van der Waals surface area contributed by atoms with Crippen molar-refractivity contribution in [1.82, 2.24) is 24.6 Å². The number of nitrogens with zero attached hydrogens (tertiary/aromatic N) is 4. The first kappa shape index (κ1) is 24.8. The van der Waals surface area contributed by atoms with Crippen LogP contribution in [0, 0.1) is 0 Å². The number of nitrogen functional groups attached to an aromatic ring is 1. The monoisotopic (exact) mass is 496 g/mol. The molecule has 184 valence electrons. The van der Waals surface area contributed by atoms with Crippen molar-refractivity contribution in [2.24, 2.45) is 0 Å². The second-order valence-electron chi connectivity index (χ2n) is 7.96. The van der Waals surface area contributed by atoms with E-state index in [-0.39, 0.29) is 12.5 Å². The van der Waals surface area contributed by atoms with Gasteiger partial charge in [-0.2, -0.15) is 0 Å². The minimum Gasteiger partial charge on any atom is -0.431 e. The number of benzene rings is 2. The summed E-state index contributed by atoms with van der Waals surface area (Å²) in [6.45, 7) is 3.52. The van der Waals surface area contributed by atoms with Crippen LogP contribution in [0.1, 0.15) is 12.5 Å². The fraction of sp³-hybridized carbons (Fsp3) is 0.292. The number of para-hydroxylation sites is 1. The number of hydrogen-bond donors (Lipinski definition) is 2. The lowest BCUT2D eigenvalue weighted by molar-refractivity contribution is 0.0815. The van der Waals surface area contributed by atoms with Crippen LogP contribution in [0.15, 0.2) is 73.3 Å². The van der Waals surface area contributed by atoms with Crippen LogP contribution in [0.2, 0.25) is 0 Å². The lowest BCUT2D eigenvalue weighted by Crippen LogP contribution is -2.25. The Hall–Kier alpha value is -3.30. The van der Waals surface area contributed by atoms with Crippen molar-refractivity contribution in [3.63, 3.8) is 0 Å². The van der Waals surface area contributed by atoms with Crippen molar-refractivity contribution in [2.75, 3.05) is 25.2 Å². The summed E-state index contributed by atoms with van der Waals surface area (Å²) in [5.41, 5.74) is 8.09. The topological polar surface area (TPSA) is 126 Å². The second kappa shape index (κ2) is 11.9. The van der Waals surface area contributed by atoms with Gasteiger partial charge in [0.1, 0.15) is 23.9 Å². The molecule has 2 aromatic carbocycles. The number of ether oxygens (including phenoxy) is 2. The Bertz CT molecular complexity index is 1250. The smallest absolute Gasteiger partial charge is 0.342 e. The quantitative estimate of drug-likeness (QED) is 0.210. The fourth-order valence-corrected chi connectivity index (χ4v) is 4.95. The first-order valence-corrected chi connectivity index (χ1v) is 13.1. The Labute approximate surface area is 204 Å². The molecule has 0 aliphatic rings. The van der Waals surface area contributed by atoms with E-state index in [0.717, 1.165) is 5.56 Å². The standard InChI is InChI=1S/C24H29N6O4P/c1-19(14-30-17-28-22-23(25)26-16-27-24(22)30)33-18-35(31,34-21-10-6-3-7-11-21)29-12-13-32-15-20-8-4-2-5-9-20/h2-11,16-17,19H,12-15,18H2,1H3,(H,29,31)(H2,25,26,27)/t19-,35?/m1/s1. The van der Waals surface area contributed by atoms with E-state index < -0.39 is 7.52 Å². The van der Waals surface area contributed by atoms with Gasteiger partial charge in [-0.15, -0.1) is 0 Å². The van der Waals surface area contributed by atoms with E-state index in [4.69, 9.17) is 19.7 Å². The second-order valence-corrected chi connectivity index (χ2v) is 10.1. The molecule has 10 nitrogen and oxygen atoms in total. The number of anilines is 1. The molecule has 0 bridgehead atoms. The third-order valence-corrected chi connectivity index (χ3v) is 6.82. The van der Waals surface area contributed by atoms with Crippen LogP contribution in [-0.2, 0) is 27.2 Å². The van der Waals surface area contributed by atoms with Gasteiger partial charge in [0.2, 0.25) is 0 Å². The van der Waals surface area contributed by atoms with Crippen molar-refractivity contribution in [1.29, 1.82) is 0 Å². The van der Waals surface area contributed by atoms with E-state index in [9.17, 15) is 4.57 Å². The molecule has 11 heteroatoms. The molecule has 0 saturated heterocycles. The highest BCUT2D eigenvalue weighted by Crippen LogP contribution is 2.43. The molecule has 0 amide bonds. The Morgan fingerprint density at radius 3 is 2.57 bits per heavy atom.